The summed E-state index contributed by atoms with van der Waals surface area (Å²) in [6, 6.07) is 0.195. The van der Waals surface area contributed by atoms with Crippen molar-refractivity contribution >= 4 is 28.4 Å². The lowest BCUT2D eigenvalue weighted by molar-refractivity contribution is 0.138. The summed E-state index contributed by atoms with van der Waals surface area (Å²) in [5.41, 5.74) is 2.55. The van der Waals surface area contributed by atoms with Crippen LogP contribution in [0.1, 0.15) is 46.7 Å². The maximum absolute atomic E-state index is 12.7. The Morgan fingerprint density at radius 1 is 1.44 bits per heavy atom. The van der Waals surface area contributed by atoms with Gasteiger partial charge in [0.2, 0.25) is 0 Å². The summed E-state index contributed by atoms with van der Waals surface area (Å²) in [6.45, 7) is 11.5. The highest BCUT2D eigenvalue weighted by molar-refractivity contribution is 7.14. The topological polar surface area (TPSA) is 77.6 Å². The van der Waals surface area contributed by atoms with Crippen LogP contribution in [-0.4, -0.2) is 58.1 Å². The molecule has 2 atom stereocenters. The molecule has 25 heavy (non-hydrogen) atoms. The maximum Gasteiger partial charge on any atom is 0.322 e. The van der Waals surface area contributed by atoms with E-state index in [1.54, 1.807) is 10.4 Å². The summed E-state index contributed by atoms with van der Waals surface area (Å²) in [5, 5.41) is 6.84. The van der Waals surface area contributed by atoms with E-state index in [9.17, 15) is 9.59 Å². The van der Waals surface area contributed by atoms with Crippen LogP contribution in [0.25, 0.3) is 0 Å². The first-order valence-electron chi connectivity index (χ1n) is 8.77. The fraction of sp³-hybridized carbons (Fsp3) is 0.706. The second kappa shape index (κ2) is 6.48. The van der Waals surface area contributed by atoms with E-state index >= 15 is 0 Å². The highest BCUT2D eigenvalue weighted by Gasteiger charge is 2.44. The van der Waals surface area contributed by atoms with Crippen LogP contribution in [0.15, 0.2) is 5.51 Å². The largest absolute Gasteiger partial charge is 0.331 e. The average molecular weight is 366 g/mol. The van der Waals surface area contributed by atoms with Gasteiger partial charge in [-0.1, -0.05) is 20.8 Å². The van der Waals surface area contributed by atoms with Crippen molar-refractivity contribution in [3.8, 4) is 0 Å². The van der Waals surface area contributed by atoms with Crippen molar-refractivity contribution in [2.45, 2.75) is 64.6 Å². The van der Waals surface area contributed by atoms with E-state index < -0.39 is 0 Å². The maximum atomic E-state index is 12.7. The minimum absolute atomic E-state index is 0.00190. The third kappa shape index (κ3) is 3.44. The predicted octanol–water partition coefficient (Wildman–Crippen LogP) is 2.85. The molecular formula is C17H27N5O2S. The summed E-state index contributed by atoms with van der Waals surface area (Å²) < 4.78 is 0. The average Bonchev–Trinajstić information content (AvgIpc) is 3.08. The number of piperidine rings is 1. The Kier molecular flexibility index (Phi) is 4.66. The Balaban J connectivity index is 1.66. The number of hydrogen-bond donors (Lipinski definition) is 2. The highest BCUT2D eigenvalue weighted by atomic mass is 32.1. The van der Waals surface area contributed by atoms with Gasteiger partial charge in [0.15, 0.2) is 0 Å². The number of fused-ring (bicyclic) bond motifs is 1. The fourth-order valence-electron chi connectivity index (χ4n) is 3.65. The minimum atomic E-state index is -0.120. The van der Waals surface area contributed by atoms with Gasteiger partial charge in [-0.05, 0) is 20.3 Å². The number of hydrogen-bond acceptors (Lipinski definition) is 4. The van der Waals surface area contributed by atoms with Crippen molar-refractivity contribution < 1.29 is 9.59 Å². The third-order valence-electron chi connectivity index (χ3n) is 4.82. The van der Waals surface area contributed by atoms with Gasteiger partial charge < -0.3 is 15.1 Å². The fourth-order valence-corrected chi connectivity index (χ4v) is 4.53. The normalized spacial score (nSPS) is 23.7. The van der Waals surface area contributed by atoms with Crippen LogP contribution < -0.4 is 10.6 Å². The molecule has 3 rings (SSSR count). The summed E-state index contributed by atoms with van der Waals surface area (Å²) in [6.07, 6.45) is 0.795. The molecule has 2 fully saturated rings. The van der Waals surface area contributed by atoms with Gasteiger partial charge in [0.05, 0.1) is 23.3 Å². The Morgan fingerprint density at radius 2 is 2.16 bits per heavy atom. The number of urea groups is 2. The minimum Gasteiger partial charge on any atom is -0.331 e. The van der Waals surface area contributed by atoms with Crippen molar-refractivity contribution in [2.75, 3.05) is 18.4 Å². The molecule has 0 aromatic carbocycles. The van der Waals surface area contributed by atoms with Crippen LogP contribution in [0, 0.1) is 0 Å². The van der Waals surface area contributed by atoms with E-state index in [0.717, 1.165) is 17.1 Å². The van der Waals surface area contributed by atoms with Crippen LogP contribution in [0.4, 0.5) is 14.6 Å². The molecule has 3 heterocycles. The van der Waals surface area contributed by atoms with E-state index in [1.807, 2.05) is 18.7 Å². The Morgan fingerprint density at radius 3 is 2.80 bits per heavy atom. The van der Waals surface area contributed by atoms with Gasteiger partial charge in [-0.2, -0.15) is 0 Å². The lowest BCUT2D eigenvalue weighted by Gasteiger charge is -2.37. The molecule has 138 valence electrons. The molecular weight excluding hydrogens is 338 g/mol. The standard InChI is InChI=1S/C17H27N5O2S/c1-10(2)22-12-6-7-21(8-11(12)19-16(22)24)15(23)20-14-13(17(3,4)5)18-9-25-14/h9-12H,6-8H2,1-5H3,(H,19,24)(H,20,23)/t11-,12+/m1/s1. The number of likely N-dealkylation sites (tertiary alicyclic amines) is 1. The Labute approximate surface area is 152 Å². The second-order valence-corrected chi connectivity index (χ2v) is 8.92. The molecule has 0 radical (unpaired) electrons. The Bertz CT molecular complexity index is 666. The van der Waals surface area contributed by atoms with Crippen molar-refractivity contribution in [1.82, 2.24) is 20.1 Å². The molecule has 0 spiro atoms. The number of nitrogens with zero attached hydrogens (tertiary/aromatic N) is 3. The van der Waals surface area contributed by atoms with Crippen LogP contribution in [0.3, 0.4) is 0 Å². The zero-order chi connectivity index (χ0) is 18.4. The highest BCUT2D eigenvalue weighted by Crippen LogP contribution is 2.32. The van der Waals surface area contributed by atoms with Gasteiger partial charge in [0, 0.05) is 24.5 Å². The smallest absolute Gasteiger partial charge is 0.322 e. The van der Waals surface area contributed by atoms with E-state index in [0.29, 0.717) is 13.1 Å². The molecule has 0 unspecified atom stereocenters. The van der Waals surface area contributed by atoms with E-state index in [2.05, 4.69) is 36.4 Å². The lowest BCUT2D eigenvalue weighted by Crippen LogP contribution is -2.54. The number of carbonyl (C=O) groups excluding carboxylic acids is 2. The van der Waals surface area contributed by atoms with Crippen LogP contribution in [0.2, 0.25) is 0 Å². The molecule has 0 saturated carbocycles. The summed E-state index contributed by atoms with van der Waals surface area (Å²) in [4.78, 5) is 32.9. The molecule has 1 aromatic rings. The van der Waals surface area contributed by atoms with Gasteiger partial charge in [-0.15, -0.1) is 11.3 Å². The Hall–Kier alpha value is -1.83. The van der Waals surface area contributed by atoms with Crippen LogP contribution in [0.5, 0.6) is 0 Å². The lowest BCUT2D eigenvalue weighted by atomic mass is 9.92. The van der Waals surface area contributed by atoms with Crippen molar-refractivity contribution in [3.05, 3.63) is 11.2 Å². The number of nitrogens with one attached hydrogen (secondary N) is 2. The molecule has 0 bridgehead atoms. The number of thiazole rings is 1. The molecule has 4 amide bonds. The molecule has 2 aliphatic heterocycles. The van der Waals surface area contributed by atoms with E-state index in [1.165, 1.54) is 11.3 Å². The van der Waals surface area contributed by atoms with Crippen molar-refractivity contribution in [1.29, 1.82) is 0 Å². The van der Waals surface area contributed by atoms with Crippen molar-refractivity contribution in [2.24, 2.45) is 0 Å². The summed E-state index contributed by atoms with van der Waals surface area (Å²) in [7, 11) is 0. The second-order valence-electron chi connectivity index (χ2n) is 8.07. The number of rotatable bonds is 2. The van der Waals surface area contributed by atoms with Gasteiger partial charge in [-0.3, -0.25) is 5.32 Å². The monoisotopic (exact) mass is 365 g/mol. The summed E-state index contributed by atoms with van der Waals surface area (Å²) >= 11 is 1.45. The van der Waals surface area contributed by atoms with Gasteiger partial charge in [0.25, 0.3) is 0 Å². The zero-order valence-corrected chi connectivity index (χ0v) is 16.3. The van der Waals surface area contributed by atoms with E-state index in [4.69, 9.17) is 0 Å². The number of aromatic nitrogens is 1. The molecule has 0 aliphatic carbocycles. The van der Waals surface area contributed by atoms with Crippen LogP contribution >= 0.6 is 11.3 Å². The first-order chi connectivity index (χ1) is 11.7. The van der Waals surface area contributed by atoms with Crippen molar-refractivity contribution in [3.63, 3.8) is 0 Å². The quantitative estimate of drug-likeness (QED) is 0.846. The number of amides is 4. The molecule has 7 nitrogen and oxygen atoms in total. The molecule has 8 heteroatoms. The molecule has 1 aromatic heterocycles. The molecule has 2 aliphatic rings. The predicted molar refractivity (Wildman–Crippen MR) is 99.1 cm³/mol. The van der Waals surface area contributed by atoms with Gasteiger partial charge in [0.1, 0.15) is 5.00 Å². The van der Waals surface area contributed by atoms with Gasteiger partial charge in [-0.25, -0.2) is 14.6 Å². The molecule has 2 saturated heterocycles. The number of anilines is 1. The van der Waals surface area contributed by atoms with Crippen LogP contribution in [-0.2, 0) is 5.41 Å². The SMILES string of the molecule is CC(C)N1C(=O)N[C@@H]2CN(C(=O)Nc3scnc3C(C)(C)C)CC[C@@H]21. The first-order valence-corrected chi connectivity index (χ1v) is 9.65. The summed E-state index contributed by atoms with van der Waals surface area (Å²) in [5.74, 6) is 0. The van der Waals surface area contributed by atoms with Gasteiger partial charge >= 0.3 is 12.1 Å². The zero-order valence-electron chi connectivity index (χ0n) is 15.5. The number of carbonyl (C=O) groups is 2. The third-order valence-corrected chi connectivity index (χ3v) is 5.56. The first kappa shape index (κ1) is 18.0. The van der Waals surface area contributed by atoms with E-state index in [-0.39, 0.29) is 35.6 Å². The molecule has 2 N–H and O–H groups in total.